The summed E-state index contributed by atoms with van der Waals surface area (Å²) >= 11 is 0. The highest BCUT2D eigenvalue weighted by molar-refractivity contribution is 5.08. The maximum absolute atomic E-state index is 10.1. The number of rotatable bonds is 2. The van der Waals surface area contributed by atoms with E-state index in [1.165, 1.54) is 0 Å². The maximum Gasteiger partial charge on any atom is 0.0756 e. The van der Waals surface area contributed by atoms with Crippen LogP contribution in [0.15, 0.2) is 0 Å². The SMILES string of the molecule is OC1(CC#CCC2(O)CCCC2)CCCC1. The van der Waals surface area contributed by atoms with Crippen molar-refractivity contribution < 1.29 is 10.2 Å². The molecule has 0 amide bonds. The molecule has 2 nitrogen and oxygen atoms in total. The molecule has 2 rings (SSSR count). The third-order valence-electron chi connectivity index (χ3n) is 4.03. The Morgan fingerprint density at radius 1 is 0.688 bits per heavy atom. The van der Waals surface area contributed by atoms with E-state index in [1.807, 2.05) is 0 Å². The lowest BCUT2D eigenvalue weighted by Crippen LogP contribution is -2.24. The van der Waals surface area contributed by atoms with Crippen molar-refractivity contribution in [2.75, 3.05) is 0 Å². The molecular formula is C14H22O2. The first-order valence-corrected chi connectivity index (χ1v) is 6.53. The lowest BCUT2D eigenvalue weighted by Gasteiger charge is -2.19. The fourth-order valence-electron chi connectivity index (χ4n) is 2.87. The maximum atomic E-state index is 10.1. The molecule has 2 N–H and O–H groups in total. The van der Waals surface area contributed by atoms with Gasteiger partial charge in [-0.25, -0.2) is 0 Å². The van der Waals surface area contributed by atoms with Gasteiger partial charge >= 0.3 is 0 Å². The highest BCUT2D eigenvalue weighted by atomic mass is 16.3. The average Bonchev–Trinajstić information content (AvgIpc) is 2.84. The van der Waals surface area contributed by atoms with Gasteiger partial charge in [0.2, 0.25) is 0 Å². The second-order valence-electron chi connectivity index (χ2n) is 5.57. The standard InChI is InChI=1S/C14H22O2/c15-13(7-1-2-8-13)11-5-6-12-14(16)9-3-4-10-14/h15-16H,1-4,7-12H2. The fraction of sp³-hybridized carbons (Fsp3) is 0.857. The third-order valence-corrected chi connectivity index (χ3v) is 4.03. The lowest BCUT2D eigenvalue weighted by atomic mass is 9.96. The number of aliphatic hydroxyl groups is 2. The molecular weight excluding hydrogens is 200 g/mol. The van der Waals surface area contributed by atoms with Crippen LogP contribution in [-0.2, 0) is 0 Å². The van der Waals surface area contributed by atoms with Crippen molar-refractivity contribution in [2.45, 2.75) is 75.4 Å². The lowest BCUT2D eigenvalue weighted by molar-refractivity contribution is 0.0502. The molecule has 90 valence electrons. The largest absolute Gasteiger partial charge is 0.389 e. The highest BCUT2D eigenvalue weighted by Crippen LogP contribution is 2.33. The van der Waals surface area contributed by atoms with Crippen LogP contribution in [0.25, 0.3) is 0 Å². The smallest absolute Gasteiger partial charge is 0.0756 e. The molecule has 0 saturated heterocycles. The summed E-state index contributed by atoms with van der Waals surface area (Å²) in [6.07, 6.45) is 9.26. The van der Waals surface area contributed by atoms with Crippen molar-refractivity contribution in [1.29, 1.82) is 0 Å². The first-order chi connectivity index (χ1) is 7.62. The predicted molar refractivity (Wildman–Crippen MR) is 63.8 cm³/mol. The van der Waals surface area contributed by atoms with Gasteiger partial charge in [-0.15, -0.1) is 11.8 Å². The number of hydrogen-bond acceptors (Lipinski definition) is 2. The molecule has 2 heteroatoms. The van der Waals surface area contributed by atoms with Crippen LogP contribution >= 0.6 is 0 Å². The summed E-state index contributed by atoms with van der Waals surface area (Å²) in [5.41, 5.74) is -1.05. The van der Waals surface area contributed by atoms with Crippen LogP contribution in [0.4, 0.5) is 0 Å². The van der Waals surface area contributed by atoms with Gasteiger partial charge in [-0.3, -0.25) is 0 Å². The van der Waals surface area contributed by atoms with Crippen LogP contribution < -0.4 is 0 Å². The molecule has 0 bridgehead atoms. The molecule has 0 aromatic heterocycles. The molecule has 2 aliphatic rings. The summed E-state index contributed by atoms with van der Waals surface area (Å²) in [4.78, 5) is 0. The molecule has 0 aliphatic heterocycles. The average molecular weight is 222 g/mol. The highest BCUT2D eigenvalue weighted by Gasteiger charge is 2.31. The Morgan fingerprint density at radius 2 is 1.00 bits per heavy atom. The molecule has 0 unspecified atom stereocenters. The third kappa shape index (κ3) is 2.99. The first-order valence-electron chi connectivity index (χ1n) is 6.53. The van der Waals surface area contributed by atoms with Crippen LogP contribution in [0.2, 0.25) is 0 Å². The van der Waals surface area contributed by atoms with Crippen molar-refractivity contribution >= 4 is 0 Å². The Kier molecular flexibility index (Phi) is 3.56. The Hall–Kier alpha value is -0.520. The molecule has 0 radical (unpaired) electrons. The van der Waals surface area contributed by atoms with Gasteiger partial charge in [-0.1, -0.05) is 25.7 Å². The van der Waals surface area contributed by atoms with Crippen molar-refractivity contribution in [2.24, 2.45) is 0 Å². The molecule has 2 saturated carbocycles. The summed E-state index contributed by atoms with van der Waals surface area (Å²) in [7, 11) is 0. The molecule has 0 heterocycles. The summed E-state index contributed by atoms with van der Waals surface area (Å²) < 4.78 is 0. The zero-order chi connectivity index (χ0) is 11.5. The van der Waals surface area contributed by atoms with Gasteiger partial charge in [0.25, 0.3) is 0 Å². The van der Waals surface area contributed by atoms with Gasteiger partial charge < -0.3 is 10.2 Å². The van der Waals surface area contributed by atoms with E-state index in [1.54, 1.807) is 0 Å². The molecule has 0 atom stereocenters. The van der Waals surface area contributed by atoms with Gasteiger partial charge in [0, 0.05) is 12.8 Å². The molecule has 0 aromatic carbocycles. The van der Waals surface area contributed by atoms with Crippen LogP contribution in [0.1, 0.15) is 64.2 Å². The Labute approximate surface area is 98.1 Å². The van der Waals surface area contributed by atoms with E-state index in [4.69, 9.17) is 0 Å². The van der Waals surface area contributed by atoms with Gasteiger partial charge in [0.15, 0.2) is 0 Å². The molecule has 2 aliphatic carbocycles. The van der Waals surface area contributed by atoms with Crippen LogP contribution in [0, 0.1) is 11.8 Å². The van der Waals surface area contributed by atoms with Crippen LogP contribution in [0.5, 0.6) is 0 Å². The fourth-order valence-corrected chi connectivity index (χ4v) is 2.87. The van der Waals surface area contributed by atoms with Gasteiger partial charge in [0.1, 0.15) is 0 Å². The minimum Gasteiger partial charge on any atom is -0.389 e. The van der Waals surface area contributed by atoms with E-state index in [9.17, 15) is 10.2 Å². The van der Waals surface area contributed by atoms with Crippen molar-refractivity contribution in [1.82, 2.24) is 0 Å². The van der Waals surface area contributed by atoms with E-state index >= 15 is 0 Å². The van der Waals surface area contributed by atoms with Gasteiger partial charge in [-0.2, -0.15) is 0 Å². The van der Waals surface area contributed by atoms with E-state index in [2.05, 4.69) is 11.8 Å². The van der Waals surface area contributed by atoms with Crippen molar-refractivity contribution in [3.8, 4) is 11.8 Å². The zero-order valence-electron chi connectivity index (χ0n) is 9.97. The van der Waals surface area contributed by atoms with Gasteiger partial charge in [0.05, 0.1) is 11.2 Å². The number of hydrogen-bond donors (Lipinski definition) is 2. The molecule has 0 aromatic rings. The molecule has 0 spiro atoms. The summed E-state index contributed by atoms with van der Waals surface area (Å²) in [5.74, 6) is 6.12. The Bertz CT molecular complexity index is 258. The van der Waals surface area contributed by atoms with Crippen LogP contribution in [0.3, 0.4) is 0 Å². The Balaban J connectivity index is 1.77. The summed E-state index contributed by atoms with van der Waals surface area (Å²) in [6, 6.07) is 0. The van der Waals surface area contributed by atoms with Gasteiger partial charge in [-0.05, 0) is 25.7 Å². The van der Waals surface area contributed by atoms with E-state index in [0.717, 1.165) is 51.4 Å². The van der Waals surface area contributed by atoms with Crippen molar-refractivity contribution in [3.05, 3.63) is 0 Å². The zero-order valence-corrected chi connectivity index (χ0v) is 9.97. The summed E-state index contributed by atoms with van der Waals surface area (Å²) in [6.45, 7) is 0. The Morgan fingerprint density at radius 3 is 1.31 bits per heavy atom. The van der Waals surface area contributed by atoms with E-state index in [0.29, 0.717) is 12.8 Å². The second kappa shape index (κ2) is 4.77. The minimum atomic E-state index is -0.523. The topological polar surface area (TPSA) is 40.5 Å². The molecule has 16 heavy (non-hydrogen) atoms. The monoisotopic (exact) mass is 222 g/mol. The molecule has 2 fully saturated rings. The van der Waals surface area contributed by atoms with E-state index < -0.39 is 11.2 Å². The first kappa shape index (κ1) is 12.0. The normalized spacial score (nSPS) is 26.4. The minimum absolute atomic E-state index is 0.523. The second-order valence-corrected chi connectivity index (χ2v) is 5.57. The van der Waals surface area contributed by atoms with E-state index in [-0.39, 0.29) is 0 Å². The van der Waals surface area contributed by atoms with Crippen LogP contribution in [-0.4, -0.2) is 21.4 Å². The van der Waals surface area contributed by atoms with Crippen molar-refractivity contribution in [3.63, 3.8) is 0 Å². The quantitative estimate of drug-likeness (QED) is 0.704. The predicted octanol–water partition coefficient (Wildman–Crippen LogP) is 2.38. The summed E-state index contributed by atoms with van der Waals surface area (Å²) in [5, 5.41) is 20.2.